The van der Waals surface area contributed by atoms with E-state index in [-0.39, 0.29) is 5.95 Å². The number of hydrogen-bond donors (Lipinski definition) is 2. The maximum Gasteiger partial charge on any atom is 0.375 e. The number of nitrogens with zero attached hydrogens (tertiary/aromatic N) is 5. The van der Waals surface area contributed by atoms with Gasteiger partial charge in [-0.1, -0.05) is 0 Å². The molecule has 2 N–H and O–H groups in total. The van der Waals surface area contributed by atoms with Gasteiger partial charge in [0.05, 0.1) is 0 Å². The number of azide groups is 1. The molecule has 0 aromatic carbocycles. The van der Waals surface area contributed by atoms with Crippen molar-refractivity contribution in [3.05, 3.63) is 16.3 Å². The summed E-state index contributed by atoms with van der Waals surface area (Å²) >= 11 is 0. The lowest BCUT2D eigenvalue weighted by atomic mass is 10.6. The third-order valence-electron chi connectivity index (χ3n) is 0.804. The van der Waals surface area contributed by atoms with Gasteiger partial charge in [0.2, 0.25) is 5.95 Å². The Hall–Kier alpha value is -2.08. The lowest BCUT2D eigenvalue weighted by Crippen LogP contribution is -1.98. The first kappa shape index (κ1) is 7.03. The summed E-state index contributed by atoms with van der Waals surface area (Å²) in [6, 6.07) is 0. The SMILES string of the molecule is [N-]=[N+]=Nc1nc(C(=O)O)n[nH]1. The Morgan fingerprint density at radius 3 is 3.00 bits per heavy atom. The highest BCUT2D eigenvalue weighted by Gasteiger charge is 2.08. The second-order valence-corrected chi connectivity index (χ2v) is 1.48. The van der Waals surface area contributed by atoms with Crippen LogP contribution in [0.25, 0.3) is 10.4 Å². The molecule has 0 spiro atoms. The molecule has 0 unspecified atom stereocenters. The van der Waals surface area contributed by atoms with Crippen molar-refractivity contribution in [1.82, 2.24) is 15.2 Å². The fraction of sp³-hybridized carbons (Fsp3) is 0. The smallest absolute Gasteiger partial charge is 0.375 e. The van der Waals surface area contributed by atoms with Crippen molar-refractivity contribution in [2.75, 3.05) is 0 Å². The van der Waals surface area contributed by atoms with Gasteiger partial charge in [-0.15, -0.1) is 5.10 Å². The van der Waals surface area contributed by atoms with Crippen LogP contribution < -0.4 is 0 Å². The number of aromatic nitrogens is 3. The number of rotatable bonds is 2. The zero-order chi connectivity index (χ0) is 8.27. The van der Waals surface area contributed by atoms with Crippen molar-refractivity contribution in [2.24, 2.45) is 5.11 Å². The molecule has 1 rings (SSSR count). The molecule has 56 valence electrons. The van der Waals surface area contributed by atoms with E-state index in [4.69, 9.17) is 10.6 Å². The zero-order valence-electron chi connectivity index (χ0n) is 5.09. The maximum atomic E-state index is 10.1. The third-order valence-corrected chi connectivity index (χ3v) is 0.804. The van der Waals surface area contributed by atoms with E-state index in [2.05, 4.69) is 25.2 Å². The Labute approximate surface area is 59.5 Å². The molecule has 0 aliphatic carbocycles. The summed E-state index contributed by atoms with van der Waals surface area (Å²) < 4.78 is 0. The predicted molar refractivity (Wildman–Crippen MR) is 32.1 cm³/mol. The summed E-state index contributed by atoms with van der Waals surface area (Å²) in [5, 5.41) is 16.6. The summed E-state index contributed by atoms with van der Waals surface area (Å²) in [5.41, 5.74) is 7.89. The molecule has 1 heterocycles. The number of aromatic amines is 1. The van der Waals surface area contributed by atoms with Crippen LogP contribution in [0, 0.1) is 0 Å². The Morgan fingerprint density at radius 1 is 1.82 bits per heavy atom. The van der Waals surface area contributed by atoms with Crippen molar-refractivity contribution in [1.29, 1.82) is 0 Å². The molecule has 1 aromatic rings. The molecule has 0 amide bonds. The van der Waals surface area contributed by atoms with E-state index >= 15 is 0 Å². The maximum absolute atomic E-state index is 10.1. The minimum Gasteiger partial charge on any atom is -0.475 e. The van der Waals surface area contributed by atoms with Crippen molar-refractivity contribution < 1.29 is 9.90 Å². The van der Waals surface area contributed by atoms with Crippen LogP contribution in [0.1, 0.15) is 10.6 Å². The first-order valence-electron chi connectivity index (χ1n) is 2.45. The van der Waals surface area contributed by atoms with Crippen LogP contribution in [0.4, 0.5) is 5.95 Å². The molecule has 0 saturated heterocycles. The van der Waals surface area contributed by atoms with Gasteiger partial charge >= 0.3 is 5.97 Å². The molecular formula is C3H2N6O2. The van der Waals surface area contributed by atoms with E-state index in [1.54, 1.807) is 0 Å². The van der Waals surface area contributed by atoms with Crippen LogP contribution in [0.5, 0.6) is 0 Å². The average molecular weight is 154 g/mol. The quantitative estimate of drug-likeness (QED) is 0.363. The average Bonchev–Trinajstić information content (AvgIpc) is 2.37. The Morgan fingerprint density at radius 2 is 2.55 bits per heavy atom. The highest BCUT2D eigenvalue weighted by atomic mass is 16.4. The molecule has 0 bridgehead atoms. The standard InChI is InChI=1S/C3H2N6O2/c4-9-8-3-5-1(2(10)11)6-7-3/h(H,10,11)(H,5,6,7). The molecule has 0 saturated carbocycles. The molecule has 0 atom stereocenters. The van der Waals surface area contributed by atoms with E-state index in [0.29, 0.717) is 0 Å². The van der Waals surface area contributed by atoms with E-state index < -0.39 is 11.8 Å². The lowest BCUT2D eigenvalue weighted by Gasteiger charge is -1.76. The summed E-state index contributed by atoms with van der Waals surface area (Å²) in [4.78, 5) is 15.8. The van der Waals surface area contributed by atoms with Gasteiger partial charge in [-0.2, -0.15) is 4.98 Å². The third kappa shape index (κ3) is 1.43. The lowest BCUT2D eigenvalue weighted by molar-refractivity contribution is 0.0684. The van der Waals surface area contributed by atoms with Gasteiger partial charge in [-0.3, -0.25) is 5.10 Å². The van der Waals surface area contributed by atoms with Crippen molar-refractivity contribution >= 4 is 11.9 Å². The molecule has 8 nitrogen and oxygen atoms in total. The van der Waals surface area contributed by atoms with Crippen LogP contribution in [-0.2, 0) is 0 Å². The van der Waals surface area contributed by atoms with Gasteiger partial charge in [0, 0.05) is 4.91 Å². The number of carboxylic acid groups (broad SMARTS) is 1. The molecule has 8 heteroatoms. The molecule has 0 fully saturated rings. The van der Waals surface area contributed by atoms with Crippen molar-refractivity contribution in [2.45, 2.75) is 0 Å². The minimum atomic E-state index is -1.28. The zero-order valence-corrected chi connectivity index (χ0v) is 5.09. The molecular weight excluding hydrogens is 152 g/mol. The Bertz CT molecular complexity index is 306. The van der Waals surface area contributed by atoms with Crippen LogP contribution in [0.15, 0.2) is 5.11 Å². The van der Waals surface area contributed by atoms with Gasteiger partial charge in [-0.05, 0) is 10.6 Å². The fourth-order valence-electron chi connectivity index (χ4n) is 0.436. The number of aromatic carboxylic acids is 1. The second kappa shape index (κ2) is 2.67. The van der Waals surface area contributed by atoms with Gasteiger partial charge < -0.3 is 5.11 Å². The number of H-pyrrole nitrogens is 1. The van der Waals surface area contributed by atoms with E-state index in [1.165, 1.54) is 0 Å². The number of carboxylic acids is 1. The van der Waals surface area contributed by atoms with Crippen molar-refractivity contribution in [3.8, 4) is 0 Å². The number of hydrogen-bond acceptors (Lipinski definition) is 4. The van der Waals surface area contributed by atoms with Gasteiger partial charge in [0.1, 0.15) is 0 Å². The van der Waals surface area contributed by atoms with E-state index in [9.17, 15) is 4.79 Å². The fourth-order valence-corrected chi connectivity index (χ4v) is 0.436. The number of carbonyl (C=O) groups is 1. The summed E-state index contributed by atoms with van der Waals surface area (Å²) in [7, 11) is 0. The molecule has 1 aromatic heterocycles. The highest BCUT2D eigenvalue weighted by molar-refractivity contribution is 5.83. The molecule has 11 heavy (non-hydrogen) atoms. The highest BCUT2D eigenvalue weighted by Crippen LogP contribution is 2.01. The molecule has 0 aliphatic heterocycles. The Balaban J connectivity index is 2.99. The minimum absolute atomic E-state index is 0.162. The summed E-state index contributed by atoms with van der Waals surface area (Å²) in [6.45, 7) is 0. The van der Waals surface area contributed by atoms with Crippen LogP contribution in [-0.4, -0.2) is 26.3 Å². The summed E-state index contributed by atoms with van der Waals surface area (Å²) in [6.07, 6.45) is 0. The van der Waals surface area contributed by atoms with Crippen LogP contribution in [0.2, 0.25) is 0 Å². The summed E-state index contributed by atoms with van der Waals surface area (Å²) in [5.74, 6) is -1.86. The van der Waals surface area contributed by atoms with Gasteiger partial charge in [0.15, 0.2) is 0 Å². The van der Waals surface area contributed by atoms with Crippen LogP contribution in [0.3, 0.4) is 0 Å². The second-order valence-electron chi connectivity index (χ2n) is 1.48. The van der Waals surface area contributed by atoms with E-state index in [1.807, 2.05) is 0 Å². The number of nitrogens with one attached hydrogen (secondary N) is 1. The molecule has 0 aliphatic rings. The first-order chi connectivity index (χ1) is 5.24. The monoisotopic (exact) mass is 154 g/mol. The van der Waals surface area contributed by atoms with E-state index in [0.717, 1.165) is 0 Å². The Kier molecular flexibility index (Phi) is 1.71. The molecule has 0 radical (unpaired) electrons. The predicted octanol–water partition coefficient (Wildman–Crippen LogP) is 0.445. The normalized spacial score (nSPS) is 8.73. The first-order valence-corrected chi connectivity index (χ1v) is 2.45. The topological polar surface area (TPSA) is 128 Å². The van der Waals surface area contributed by atoms with Gasteiger partial charge in [0.25, 0.3) is 5.82 Å². The van der Waals surface area contributed by atoms with Crippen LogP contribution >= 0.6 is 0 Å². The largest absolute Gasteiger partial charge is 0.475 e. The van der Waals surface area contributed by atoms with Gasteiger partial charge in [-0.25, -0.2) is 4.79 Å². The van der Waals surface area contributed by atoms with Crippen molar-refractivity contribution in [3.63, 3.8) is 0 Å².